The van der Waals surface area contributed by atoms with Crippen LogP contribution in [0.4, 0.5) is 5.69 Å². The van der Waals surface area contributed by atoms with Crippen molar-refractivity contribution in [3.63, 3.8) is 0 Å². The number of hydrogen-bond donors (Lipinski definition) is 0. The van der Waals surface area contributed by atoms with Crippen LogP contribution in [0.5, 0.6) is 17.2 Å². The lowest BCUT2D eigenvalue weighted by molar-refractivity contribution is -0.132. The van der Waals surface area contributed by atoms with Crippen molar-refractivity contribution < 1.29 is 23.8 Å². The van der Waals surface area contributed by atoms with Gasteiger partial charge in [-0.3, -0.25) is 9.59 Å². The molecule has 1 saturated heterocycles. The molecule has 2 aromatic rings. The molecule has 3 aliphatic heterocycles. The maximum absolute atomic E-state index is 13.1. The van der Waals surface area contributed by atoms with Crippen LogP contribution in [-0.4, -0.2) is 49.6 Å². The Kier molecular flexibility index (Phi) is 5.40. The minimum absolute atomic E-state index is 0.00867. The topological polar surface area (TPSA) is 68.3 Å². The van der Waals surface area contributed by atoms with Gasteiger partial charge in [0.25, 0.3) is 5.91 Å². The van der Waals surface area contributed by atoms with Crippen molar-refractivity contribution in [1.29, 1.82) is 0 Å². The molecule has 0 unspecified atom stereocenters. The highest BCUT2D eigenvalue weighted by Gasteiger charge is 2.32. The van der Waals surface area contributed by atoms with E-state index in [0.29, 0.717) is 25.5 Å². The van der Waals surface area contributed by atoms with E-state index in [-0.39, 0.29) is 30.9 Å². The Balaban J connectivity index is 1.29. The first kappa shape index (κ1) is 19.7. The number of ether oxygens (including phenoxy) is 3. The fraction of sp³-hybridized carbons (Fsp3) is 0.417. The Morgan fingerprint density at radius 2 is 1.81 bits per heavy atom. The summed E-state index contributed by atoms with van der Waals surface area (Å²) in [5.41, 5.74) is 1.80. The molecule has 31 heavy (non-hydrogen) atoms. The van der Waals surface area contributed by atoms with Crippen molar-refractivity contribution in [2.45, 2.75) is 31.7 Å². The van der Waals surface area contributed by atoms with Gasteiger partial charge in [-0.25, -0.2) is 0 Å². The smallest absolute Gasteiger partial charge is 0.265 e. The number of fused-ring (bicyclic) bond motifs is 2. The van der Waals surface area contributed by atoms with Crippen LogP contribution in [0.3, 0.4) is 0 Å². The minimum Gasteiger partial charge on any atom is -0.490 e. The Hall–Kier alpha value is -3.22. The van der Waals surface area contributed by atoms with Gasteiger partial charge < -0.3 is 24.0 Å². The molecule has 3 aliphatic rings. The van der Waals surface area contributed by atoms with E-state index < -0.39 is 0 Å². The molecule has 0 saturated carbocycles. The lowest BCUT2D eigenvalue weighted by Crippen LogP contribution is -2.41. The lowest BCUT2D eigenvalue weighted by atomic mass is 10.0. The Bertz CT molecular complexity index is 992. The molecule has 5 rings (SSSR count). The van der Waals surface area contributed by atoms with E-state index in [0.717, 1.165) is 48.6 Å². The summed E-state index contributed by atoms with van der Waals surface area (Å²) in [5.74, 6) is 2.14. The first-order valence-electron chi connectivity index (χ1n) is 10.9. The monoisotopic (exact) mass is 422 g/mol. The molecule has 0 radical (unpaired) electrons. The van der Waals surface area contributed by atoms with Gasteiger partial charge in [-0.2, -0.15) is 0 Å². The predicted octanol–water partition coefficient (Wildman–Crippen LogP) is 3.33. The highest BCUT2D eigenvalue weighted by molar-refractivity contribution is 5.98. The number of likely N-dealkylation sites (tertiary alicyclic amines) is 1. The molecule has 7 nitrogen and oxygen atoms in total. The molecule has 0 bridgehead atoms. The van der Waals surface area contributed by atoms with Crippen LogP contribution in [0.25, 0.3) is 0 Å². The number of benzene rings is 2. The van der Waals surface area contributed by atoms with Gasteiger partial charge in [-0.15, -0.1) is 0 Å². The van der Waals surface area contributed by atoms with Crippen LogP contribution in [0, 0.1) is 0 Å². The molecule has 7 heteroatoms. The molecule has 162 valence electrons. The van der Waals surface area contributed by atoms with Crippen LogP contribution < -0.4 is 19.1 Å². The van der Waals surface area contributed by atoms with Gasteiger partial charge in [0.2, 0.25) is 5.91 Å². The van der Waals surface area contributed by atoms with Gasteiger partial charge in [-0.1, -0.05) is 18.2 Å². The summed E-state index contributed by atoms with van der Waals surface area (Å²) in [4.78, 5) is 29.1. The number of rotatable bonds is 4. The van der Waals surface area contributed by atoms with Crippen LogP contribution in [0.2, 0.25) is 0 Å². The Morgan fingerprint density at radius 1 is 0.968 bits per heavy atom. The second-order valence-corrected chi connectivity index (χ2v) is 8.05. The van der Waals surface area contributed by atoms with Gasteiger partial charge in [0.05, 0.1) is 24.9 Å². The van der Waals surface area contributed by atoms with Crippen molar-refractivity contribution in [2.75, 3.05) is 37.8 Å². The van der Waals surface area contributed by atoms with Crippen LogP contribution in [0.15, 0.2) is 42.5 Å². The number of amides is 2. The SMILES string of the molecule is O=C1COc2ccccc2N1CCC(=O)N1CCC[C@@H]1c1ccc2c(c1)OCCCO2. The number of carbonyl (C=O) groups excluding carboxylic acids is 2. The first-order valence-corrected chi connectivity index (χ1v) is 10.9. The standard InChI is InChI=1S/C24H26N2O5/c27-23(10-12-26-19-5-1-2-7-20(19)31-16-24(26)28)25-11-3-6-18(25)17-8-9-21-22(15-17)30-14-4-13-29-21/h1-2,5,7-9,15,18H,3-4,6,10-14,16H2/t18-/m1/s1. The van der Waals surface area contributed by atoms with E-state index in [1.165, 1.54) is 0 Å². The van der Waals surface area contributed by atoms with Crippen LogP contribution in [0.1, 0.15) is 37.3 Å². The van der Waals surface area contributed by atoms with E-state index in [9.17, 15) is 9.59 Å². The first-order chi connectivity index (χ1) is 15.2. The third-order valence-electron chi connectivity index (χ3n) is 6.09. The molecule has 0 spiro atoms. The number of anilines is 1. The zero-order valence-corrected chi connectivity index (χ0v) is 17.4. The average molecular weight is 422 g/mol. The molecule has 2 aromatic carbocycles. The third kappa shape index (κ3) is 3.92. The Morgan fingerprint density at radius 3 is 2.71 bits per heavy atom. The number of nitrogens with zero attached hydrogens (tertiary/aromatic N) is 2. The summed E-state index contributed by atoms with van der Waals surface area (Å²) in [6, 6.07) is 13.5. The third-order valence-corrected chi connectivity index (χ3v) is 6.09. The maximum atomic E-state index is 13.1. The second kappa shape index (κ2) is 8.49. The number of hydrogen-bond acceptors (Lipinski definition) is 5. The summed E-state index contributed by atoms with van der Waals surface area (Å²) in [7, 11) is 0. The molecule has 3 heterocycles. The fourth-order valence-electron chi connectivity index (χ4n) is 4.55. The normalized spacial score (nSPS) is 20.1. The van der Waals surface area contributed by atoms with Crippen LogP contribution >= 0.6 is 0 Å². The van der Waals surface area contributed by atoms with E-state index in [4.69, 9.17) is 14.2 Å². The van der Waals surface area contributed by atoms with Gasteiger partial charge >= 0.3 is 0 Å². The molecule has 0 N–H and O–H groups in total. The van der Waals surface area contributed by atoms with Crippen molar-refractivity contribution >= 4 is 17.5 Å². The zero-order chi connectivity index (χ0) is 21.2. The van der Waals surface area contributed by atoms with Crippen molar-refractivity contribution in [3.8, 4) is 17.2 Å². The highest BCUT2D eigenvalue weighted by atomic mass is 16.5. The minimum atomic E-state index is -0.118. The van der Waals surface area contributed by atoms with Gasteiger partial charge in [0.15, 0.2) is 18.1 Å². The predicted molar refractivity (Wildman–Crippen MR) is 115 cm³/mol. The zero-order valence-electron chi connectivity index (χ0n) is 17.4. The largest absolute Gasteiger partial charge is 0.490 e. The average Bonchev–Trinajstić information content (AvgIpc) is 3.17. The van der Waals surface area contributed by atoms with E-state index >= 15 is 0 Å². The molecule has 1 fully saturated rings. The molecule has 2 amide bonds. The van der Waals surface area contributed by atoms with Gasteiger partial charge in [0.1, 0.15) is 5.75 Å². The summed E-state index contributed by atoms with van der Waals surface area (Å²) in [6.07, 6.45) is 3.03. The van der Waals surface area contributed by atoms with Crippen molar-refractivity contribution in [1.82, 2.24) is 4.90 Å². The maximum Gasteiger partial charge on any atom is 0.265 e. The van der Waals surface area contributed by atoms with Crippen molar-refractivity contribution in [3.05, 3.63) is 48.0 Å². The van der Waals surface area contributed by atoms with Crippen molar-refractivity contribution in [2.24, 2.45) is 0 Å². The molecule has 0 aromatic heterocycles. The lowest BCUT2D eigenvalue weighted by Gasteiger charge is -2.30. The number of para-hydroxylation sites is 2. The van der Waals surface area contributed by atoms with Gasteiger partial charge in [0, 0.05) is 25.9 Å². The quantitative estimate of drug-likeness (QED) is 0.756. The van der Waals surface area contributed by atoms with Crippen LogP contribution in [-0.2, 0) is 9.59 Å². The molecule has 0 aliphatic carbocycles. The summed E-state index contributed by atoms with van der Waals surface area (Å²) >= 11 is 0. The summed E-state index contributed by atoms with van der Waals surface area (Å²) in [6.45, 7) is 2.38. The summed E-state index contributed by atoms with van der Waals surface area (Å²) in [5, 5.41) is 0. The van der Waals surface area contributed by atoms with E-state index in [2.05, 4.69) is 0 Å². The van der Waals surface area contributed by atoms with E-state index in [1.807, 2.05) is 47.4 Å². The summed E-state index contributed by atoms with van der Waals surface area (Å²) < 4.78 is 17.1. The number of carbonyl (C=O) groups is 2. The Labute approximate surface area is 181 Å². The second-order valence-electron chi connectivity index (χ2n) is 8.05. The van der Waals surface area contributed by atoms with Gasteiger partial charge in [-0.05, 0) is 42.7 Å². The fourth-order valence-corrected chi connectivity index (χ4v) is 4.55. The molecular formula is C24H26N2O5. The highest BCUT2D eigenvalue weighted by Crippen LogP contribution is 2.38. The molecular weight excluding hydrogens is 396 g/mol. The van der Waals surface area contributed by atoms with E-state index in [1.54, 1.807) is 4.90 Å². The molecule has 1 atom stereocenters.